The van der Waals surface area contributed by atoms with Crippen molar-refractivity contribution in [3.05, 3.63) is 24.3 Å². The van der Waals surface area contributed by atoms with Crippen molar-refractivity contribution in [1.82, 2.24) is 10.6 Å². The highest BCUT2D eigenvalue weighted by atomic mass is 16.8. The number of aliphatic hydroxyl groups excluding tert-OH is 22. The van der Waals surface area contributed by atoms with Crippen LogP contribution in [0.15, 0.2) is 24.3 Å². The molecule has 7 heterocycles. The highest BCUT2D eigenvalue weighted by Gasteiger charge is 2.59. The Hall–Kier alpha value is -3.02. The van der Waals surface area contributed by atoms with Gasteiger partial charge in [-0.25, -0.2) is 0 Å². The van der Waals surface area contributed by atoms with E-state index in [9.17, 15) is 122 Å². The van der Waals surface area contributed by atoms with Crippen molar-refractivity contribution < 1.29 is 188 Å². The number of carbonyl (C=O) groups excluding carboxylic acids is 2. The van der Waals surface area contributed by atoms with E-state index in [2.05, 4.69) is 36.6 Å². The van der Waals surface area contributed by atoms with E-state index in [1.165, 1.54) is 128 Å². The van der Waals surface area contributed by atoms with Gasteiger partial charge in [0.2, 0.25) is 11.8 Å². The molecule has 7 rings (SSSR count). The summed E-state index contributed by atoms with van der Waals surface area (Å²) in [4.78, 5) is 25.8. The van der Waals surface area contributed by atoms with Gasteiger partial charge in [-0.1, -0.05) is 192 Å². The van der Waals surface area contributed by atoms with E-state index in [4.69, 9.17) is 66.3 Å². The molecule has 24 N–H and O–H groups in total. The summed E-state index contributed by atoms with van der Waals surface area (Å²) in [5.74, 6) is -1.12. The van der Waals surface area contributed by atoms with Gasteiger partial charge in [0, 0.05) is 13.3 Å². The normalized spacial score (nSPS) is 38.2. The molecule has 0 saturated carbocycles. The molecule has 0 aromatic heterocycles. The fourth-order valence-corrected chi connectivity index (χ4v) is 16.9. The van der Waals surface area contributed by atoms with Crippen LogP contribution in [0.4, 0.5) is 0 Å². The van der Waals surface area contributed by atoms with E-state index in [0.717, 1.165) is 64.7 Å². The average Bonchev–Trinajstić information content (AvgIpc) is 0.770. The van der Waals surface area contributed by atoms with Crippen molar-refractivity contribution in [3.8, 4) is 0 Å². The quantitative estimate of drug-likeness (QED) is 0.0219. The molecule has 0 spiro atoms. The second kappa shape index (κ2) is 59.0. The van der Waals surface area contributed by atoms with E-state index in [1.54, 1.807) is 6.08 Å². The Morgan fingerprint density at radius 3 is 0.937 bits per heavy atom. The lowest BCUT2D eigenvalue weighted by Gasteiger charge is -2.50. The number of nitrogens with one attached hydrogen (secondary N) is 2. The van der Waals surface area contributed by atoms with Gasteiger partial charge in [-0.2, -0.15) is 0 Å². The van der Waals surface area contributed by atoms with Gasteiger partial charge >= 0.3 is 0 Å². The summed E-state index contributed by atoms with van der Waals surface area (Å²) in [6.45, 7) is -2.18. The van der Waals surface area contributed by atoms with E-state index >= 15 is 0 Å². The van der Waals surface area contributed by atoms with E-state index in [0.29, 0.717) is 12.8 Å². The maximum absolute atomic E-state index is 13.6. The fourth-order valence-electron chi connectivity index (χ4n) is 16.9. The summed E-state index contributed by atoms with van der Waals surface area (Å²) < 4.78 is 81.4. The molecule has 0 aromatic carbocycles. The third-order valence-corrected chi connectivity index (χ3v) is 24.6. The summed E-state index contributed by atoms with van der Waals surface area (Å²) in [6, 6.07) is -2.70. The van der Waals surface area contributed by atoms with Crippen LogP contribution in [0.3, 0.4) is 0 Å². The number of allylic oxidation sites excluding steroid dienone is 3. The zero-order chi connectivity index (χ0) is 91.9. The molecular formula is C86H154N2O38. The van der Waals surface area contributed by atoms with Gasteiger partial charge < -0.3 is 189 Å². The Morgan fingerprint density at radius 2 is 0.587 bits per heavy atom. The summed E-state index contributed by atoms with van der Waals surface area (Å²) in [5.41, 5.74) is 0. The number of aliphatic hydroxyl groups is 22. The van der Waals surface area contributed by atoms with Crippen LogP contribution in [0, 0.1) is 0 Å². The highest BCUT2D eigenvalue weighted by molar-refractivity contribution is 5.76. The fraction of sp³-hybridized carbons (Fsp3) is 0.930. The van der Waals surface area contributed by atoms with Crippen molar-refractivity contribution in [2.75, 3.05) is 52.9 Å². The standard InChI is InChI=1S/C86H154N2O38/c1-4-6-8-10-12-14-16-18-19-20-21-22-23-24-25-27-29-31-33-35-37-39-58(98)88-49(50(97)38-36-34-32-30-28-26-17-15-13-11-9-7-5-2)47-113-81-68(107)66(105)74(56(45-94)119-81)121-82-69(108)67(106)75(57(46-95)120-82)122-83-71(110)77(62(101)53(42-91)115-83)124-85-73(112)79(64(103)55(44-93)117-85)126-86-72(111)78(63(102)54(43-92)118-86)125-84-70(109)76(61(100)52(41-90)116-84)123-80-59(87-48(3)96)65(104)60(99)51(40-89)114-80/h18-19,36,38,49-57,59-86,89-95,97,99-112H,4-17,20-35,37,39-47H2,1-3H3,(H,87,96)(H,88,98)/b19-18-,38-36+/t49-,50+,51?,52?,53?,54?,55?,56?,57?,59?,60-,61-,62-,63-,64-,65+,66+,67+,68?,69?,70?,71?,72?,73?,74+,75-,76-,77-,78-,79-,80-,81+,82-,83-,84+,85+,86+/m0/s1. The zero-order valence-electron chi connectivity index (χ0n) is 73.3. The van der Waals surface area contributed by atoms with Gasteiger partial charge in [-0.15, -0.1) is 0 Å². The molecule has 126 heavy (non-hydrogen) atoms. The molecule has 40 nitrogen and oxygen atoms in total. The van der Waals surface area contributed by atoms with Crippen molar-refractivity contribution in [2.45, 2.75) is 453 Å². The van der Waals surface area contributed by atoms with Crippen LogP contribution < -0.4 is 10.6 Å². The molecule has 0 aromatic rings. The number of unbranched alkanes of at least 4 members (excludes halogenated alkanes) is 28. The lowest BCUT2D eigenvalue weighted by Crippen LogP contribution is -2.69. The van der Waals surface area contributed by atoms with Gasteiger partial charge in [0.25, 0.3) is 0 Å². The van der Waals surface area contributed by atoms with Gasteiger partial charge in [-0.3, -0.25) is 9.59 Å². The topological polar surface area (TPSA) is 632 Å². The summed E-state index contributed by atoms with van der Waals surface area (Å²) >= 11 is 0. The molecule has 736 valence electrons. The summed E-state index contributed by atoms with van der Waals surface area (Å²) in [5, 5.41) is 251. The van der Waals surface area contributed by atoms with Crippen molar-refractivity contribution in [3.63, 3.8) is 0 Å². The predicted molar refractivity (Wildman–Crippen MR) is 442 cm³/mol. The van der Waals surface area contributed by atoms with Gasteiger partial charge in [0.15, 0.2) is 44.0 Å². The number of amides is 2. The van der Waals surface area contributed by atoms with E-state index in [-0.39, 0.29) is 12.3 Å². The maximum atomic E-state index is 13.6. The number of ether oxygens (including phenoxy) is 14. The Labute approximate surface area is 738 Å². The number of rotatable bonds is 59. The SMILES string of the molecule is CCCCCCCC/C=C\CCCCCCCCCCCCCC(=O)N[C@@H](CO[C@@H]1OC(CO)[C@@H](O[C@@H]2OC(CO)[C@H](O[C@@H]3OC(CO)[C@H](O)[C@H](O[C@H]4OC(CO)[C@H](O)[C@H](O[C@H]5OC(CO)[C@H](O)[C@H](O[C@H]6OC(CO)[C@H](O)[C@H](O[C@@H]7OC(CO)[C@H](O)[C@H](O)C7NC(C)=O)C6O)C5O)C4O)C3O)[C@H](O)C2O)[C@H](O)C1O)[C@H](O)/C=C/CCCCCCCCCCCCC. The molecule has 2 amide bonds. The number of carbonyl (C=O) groups is 2. The molecule has 0 bridgehead atoms. The van der Waals surface area contributed by atoms with Crippen LogP contribution in [-0.2, 0) is 75.9 Å². The Morgan fingerprint density at radius 1 is 0.310 bits per heavy atom. The van der Waals surface area contributed by atoms with E-state index < -0.39 is 286 Å². The number of hydrogen-bond acceptors (Lipinski definition) is 38. The minimum absolute atomic E-state index is 0.168. The average molecular weight is 1820 g/mol. The van der Waals surface area contributed by atoms with Gasteiger partial charge in [0.1, 0.15) is 171 Å². The van der Waals surface area contributed by atoms with Crippen LogP contribution in [0.1, 0.15) is 226 Å². The van der Waals surface area contributed by atoms with Gasteiger partial charge in [0.05, 0.1) is 65.0 Å². The summed E-state index contributed by atoms with van der Waals surface area (Å²) in [6.07, 6.45) is -25.7. The van der Waals surface area contributed by atoms with Crippen molar-refractivity contribution in [1.29, 1.82) is 0 Å². The van der Waals surface area contributed by atoms with Crippen LogP contribution >= 0.6 is 0 Å². The second-order valence-electron chi connectivity index (χ2n) is 34.5. The lowest BCUT2D eigenvalue weighted by molar-refractivity contribution is -0.399. The molecule has 0 aliphatic carbocycles. The molecular weight excluding hydrogens is 1670 g/mol. The smallest absolute Gasteiger partial charge is 0.220 e. The Bertz CT molecular complexity index is 2960. The molecule has 7 aliphatic heterocycles. The molecule has 37 atom stereocenters. The zero-order valence-corrected chi connectivity index (χ0v) is 73.3. The first kappa shape index (κ1) is 110. The van der Waals surface area contributed by atoms with Crippen molar-refractivity contribution >= 4 is 11.8 Å². The Balaban J connectivity index is 0.932. The largest absolute Gasteiger partial charge is 0.394 e. The van der Waals surface area contributed by atoms with Crippen molar-refractivity contribution in [2.24, 2.45) is 0 Å². The minimum atomic E-state index is -2.35. The lowest BCUT2D eigenvalue weighted by atomic mass is 9.94. The van der Waals surface area contributed by atoms with Crippen LogP contribution in [0.5, 0.6) is 0 Å². The third-order valence-electron chi connectivity index (χ3n) is 24.6. The monoisotopic (exact) mass is 1820 g/mol. The molecule has 7 saturated heterocycles. The molecule has 0 radical (unpaired) electrons. The van der Waals surface area contributed by atoms with Crippen LogP contribution in [-0.4, -0.2) is 404 Å². The minimum Gasteiger partial charge on any atom is -0.394 e. The first-order valence-electron chi connectivity index (χ1n) is 46.1. The van der Waals surface area contributed by atoms with E-state index in [1.807, 2.05) is 6.08 Å². The molecule has 7 fully saturated rings. The highest BCUT2D eigenvalue weighted by Crippen LogP contribution is 2.39. The Kier molecular flexibility index (Phi) is 51.5. The molecule has 7 aliphatic rings. The molecule has 14 unspecified atom stereocenters. The predicted octanol–water partition coefficient (Wildman–Crippen LogP) is -2.63. The molecule has 40 heteroatoms. The summed E-state index contributed by atoms with van der Waals surface area (Å²) in [7, 11) is 0. The third kappa shape index (κ3) is 32.9. The second-order valence-corrected chi connectivity index (χ2v) is 34.5. The first-order valence-corrected chi connectivity index (χ1v) is 46.1. The number of hydrogen-bond donors (Lipinski definition) is 24. The maximum Gasteiger partial charge on any atom is 0.220 e. The van der Waals surface area contributed by atoms with Crippen LogP contribution in [0.2, 0.25) is 0 Å². The van der Waals surface area contributed by atoms with Crippen LogP contribution in [0.25, 0.3) is 0 Å². The van der Waals surface area contributed by atoms with Gasteiger partial charge in [-0.05, 0) is 44.9 Å². The first-order chi connectivity index (χ1) is 60.7.